The van der Waals surface area contributed by atoms with Gasteiger partial charge in [0.1, 0.15) is 0 Å². The molecule has 0 unspecified atom stereocenters. The van der Waals surface area contributed by atoms with Gasteiger partial charge in [0.15, 0.2) is 5.78 Å². The van der Waals surface area contributed by atoms with E-state index in [2.05, 4.69) is 21.0 Å². The number of hydrogen-bond donors (Lipinski definition) is 1. The van der Waals surface area contributed by atoms with Crippen LogP contribution in [-0.4, -0.2) is 15.6 Å². The lowest BCUT2D eigenvalue weighted by Gasteiger charge is -2.01. The summed E-state index contributed by atoms with van der Waals surface area (Å²) in [5, 5.41) is 4.08. The first-order valence-corrected chi connectivity index (χ1v) is 6.02. The van der Waals surface area contributed by atoms with Crippen LogP contribution in [-0.2, 0) is 6.54 Å². The van der Waals surface area contributed by atoms with Crippen molar-refractivity contribution in [1.29, 1.82) is 0 Å². The second kappa shape index (κ2) is 4.71. The maximum atomic E-state index is 12.2. The number of halogens is 1. The zero-order chi connectivity index (χ0) is 12.4. The summed E-state index contributed by atoms with van der Waals surface area (Å²) in [6, 6.07) is 5.17. The Morgan fingerprint density at radius 1 is 1.41 bits per heavy atom. The molecule has 4 nitrogen and oxygen atoms in total. The first-order valence-electron chi connectivity index (χ1n) is 5.23. The van der Waals surface area contributed by atoms with Crippen LogP contribution >= 0.6 is 15.9 Å². The van der Waals surface area contributed by atoms with E-state index in [-0.39, 0.29) is 5.78 Å². The highest BCUT2D eigenvalue weighted by Gasteiger charge is 2.12. The Hall–Kier alpha value is -1.62. The Morgan fingerprint density at radius 3 is 2.76 bits per heavy atom. The van der Waals surface area contributed by atoms with Crippen molar-refractivity contribution in [3.63, 3.8) is 0 Å². The summed E-state index contributed by atoms with van der Waals surface area (Å²) in [5.74, 6) is -0.0716. The summed E-state index contributed by atoms with van der Waals surface area (Å²) >= 11 is 3.32. The van der Waals surface area contributed by atoms with Gasteiger partial charge < -0.3 is 5.73 Å². The molecule has 0 aliphatic rings. The third-order valence-electron chi connectivity index (χ3n) is 2.40. The van der Waals surface area contributed by atoms with Gasteiger partial charge in [-0.1, -0.05) is 15.9 Å². The minimum absolute atomic E-state index is 0.0716. The highest BCUT2D eigenvalue weighted by Crippen LogP contribution is 2.19. The van der Waals surface area contributed by atoms with Crippen LogP contribution in [0, 0.1) is 0 Å². The van der Waals surface area contributed by atoms with Gasteiger partial charge >= 0.3 is 0 Å². The Balaban J connectivity index is 2.36. The smallest absolute Gasteiger partial charge is 0.196 e. The summed E-state index contributed by atoms with van der Waals surface area (Å²) in [7, 11) is 0. The quantitative estimate of drug-likeness (QED) is 0.699. The van der Waals surface area contributed by atoms with Gasteiger partial charge in [0.2, 0.25) is 0 Å². The lowest BCUT2D eigenvalue weighted by Crippen LogP contribution is -2.01. The van der Waals surface area contributed by atoms with Crippen LogP contribution in [0.25, 0.3) is 0 Å². The molecule has 0 radical (unpaired) electrons. The van der Waals surface area contributed by atoms with Crippen LogP contribution in [0.15, 0.2) is 35.1 Å². The van der Waals surface area contributed by atoms with E-state index in [1.807, 2.05) is 6.92 Å². The van der Waals surface area contributed by atoms with Crippen LogP contribution in [0.4, 0.5) is 5.69 Å². The molecular formula is C12H12BrN3O. The van der Waals surface area contributed by atoms with E-state index in [4.69, 9.17) is 5.73 Å². The molecule has 0 amide bonds. The molecule has 1 aromatic heterocycles. The minimum atomic E-state index is -0.0716. The number of aromatic nitrogens is 2. The molecule has 17 heavy (non-hydrogen) atoms. The Kier molecular flexibility index (Phi) is 3.28. The van der Waals surface area contributed by atoms with Gasteiger partial charge in [-0.2, -0.15) is 5.10 Å². The van der Waals surface area contributed by atoms with Crippen molar-refractivity contribution in [3.8, 4) is 0 Å². The number of aryl methyl sites for hydroxylation is 1. The van der Waals surface area contributed by atoms with Crippen LogP contribution in [0.2, 0.25) is 0 Å². The largest absolute Gasteiger partial charge is 0.399 e. The molecule has 0 bridgehead atoms. The fourth-order valence-electron chi connectivity index (χ4n) is 1.56. The van der Waals surface area contributed by atoms with E-state index in [0.717, 1.165) is 11.0 Å². The summed E-state index contributed by atoms with van der Waals surface area (Å²) in [4.78, 5) is 12.2. The highest BCUT2D eigenvalue weighted by atomic mass is 79.9. The molecule has 0 fully saturated rings. The van der Waals surface area contributed by atoms with Crippen molar-refractivity contribution < 1.29 is 4.79 Å². The predicted octanol–water partition coefficient (Wildman–Crippen LogP) is 2.48. The molecular weight excluding hydrogens is 282 g/mol. The third-order valence-corrected chi connectivity index (χ3v) is 2.86. The van der Waals surface area contributed by atoms with Gasteiger partial charge in [-0.15, -0.1) is 0 Å². The van der Waals surface area contributed by atoms with Crippen LogP contribution in [0.1, 0.15) is 22.8 Å². The molecule has 88 valence electrons. The molecule has 0 saturated heterocycles. The lowest BCUT2D eigenvalue weighted by atomic mass is 10.1. The number of nitrogens with two attached hydrogens (primary N) is 1. The second-order valence-electron chi connectivity index (χ2n) is 3.69. The third kappa shape index (κ3) is 2.55. The number of carbonyl (C=O) groups is 1. The van der Waals surface area contributed by atoms with E-state index in [0.29, 0.717) is 16.8 Å². The van der Waals surface area contributed by atoms with Crippen LogP contribution in [0.3, 0.4) is 0 Å². The summed E-state index contributed by atoms with van der Waals surface area (Å²) in [6.07, 6.45) is 3.31. The van der Waals surface area contributed by atoms with Gasteiger partial charge in [-0.05, 0) is 25.1 Å². The molecule has 0 saturated carbocycles. The standard InChI is InChI=1S/C12H12BrN3O/c1-2-16-7-9(6-15-16)12(17)8-3-10(13)5-11(14)4-8/h3-7H,2,14H2,1H3. The number of hydrogen-bond acceptors (Lipinski definition) is 3. The monoisotopic (exact) mass is 293 g/mol. The van der Waals surface area contributed by atoms with E-state index >= 15 is 0 Å². The van der Waals surface area contributed by atoms with E-state index in [1.165, 1.54) is 0 Å². The predicted molar refractivity (Wildman–Crippen MR) is 69.9 cm³/mol. The number of benzene rings is 1. The molecule has 0 spiro atoms. The lowest BCUT2D eigenvalue weighted by molar-refractivity contribution is 0.103. The van der Waals surface area contributed by atoms with Gasteiger partial charge in [-0.3, -0.25) is 9.48 Å². The number of rotatable bonds is 3. The average Bonchev–Trinajstić information content (AvgIpc) is 2.75. The average molecular weight is 294 g/mol. The maximum Gasteiger partial charge on any atom is 0.196 e. The summed E-state index contributed by atoms with van der Waals surface area (Å²) in [5.41, 5.74) is 7.40. The molecule has 1 aromatic carbocycles. The molecule has 0 atom stereocenters. The van der Waals surface area contributed by atoms with Gasteiger partial charge in [0.05, 0.1) is 11.8 Å². The van der Waals surface area contributed by atoms with Crippen molar-refractivity contribution in [2.75, 3.05) is 5.73 Å². The van der Waals surface area contributed by atoms with E-state index in [1.54, 1.807) is 35.3 Å². The maximum absolute atomic E-state index is 12.2. The molecule has 2 N–H and O–H groups in total. The molecule has 5 heteroatoms. The number of nitrogens with zero attached hydrogens (tertiary/aromatic N) is 2. The van der Waals surface area contributed by atoms with Crippen molar-refractivity contribution >= 4 is 27.4 Å². The first kappa shape index (κ1) is 11.9. The Bertz CT molecular complexity index is 542. The zero-order valence-corrected chi connectivity index (χ0v) is 10.9. The minimum Gasteiger partial charge on any atom is -0.399 e. The van der Waals surface area contributed by atoms with Crippen molar-refractivity contribution in [2.24, 2.45) is 0 Å². The van der Waals surface area contributed by atoms with Crippen molar-refractivity contribution in [1.82, 2.24) is 9.78 Å². The number of nitrogen functional groups attached to an aromatic ring is 1. The van der Waals surface area contributed by atoms with Crippen LogP contribution in [0.5, 0.6) is 0 Å². The fraction of sp³-hybridized carbons (Fsp3) is 0.167. The van der Waals surface area contributed by atoms with Gasteiger partial charge in [0.25, 0.3) is 0 Å². The molecule has 2 aromatic rings. The van der Waals surface area contributed by atoms with Crippen molar-refractivity contribution in [2.45, 2.75) is 13.5 Å². The molecule has 1 heterocycles. The number of carbonyl (C=O) groups excluding carboxylic acids is 1. The molecule has 0 aliphatic heterocycles. The van der Waals surface area contributed by atoms with E-state index < -0.39 is 0 Å². The summed E-state index contributed by atoms with van der Waals surface area (Å²) in [6.45, 7) is 2.71. The zero-order valence-electron chi connectivity index (χ0n) is 9.35. The topological polar surface area (TPSA) is 60.9 Å². The molecule has 0 aliphatic carbocycles. The van der Waals surface area contributed by atoms with Crippen molar-refractivity contribution in [3.05, 3.63) is 46.2 Å². The SMILES string of the molecule is CCn1cc(C(=O)c2cc(N)cc(Br)c2)cn1. The highest BCUT2D eigenvalue weighted by molar-refractivity contribution is 9.10. The van der Waals surface area contributed by atoms with Crippen LogP contribution < -0.4 is 5.73 Å². The second-order valence-corrected chi connectivity index (χ2v) is 4.60. The van der Waals surface area contributed by atoms with E-state index in [9.17, 15) is 4.79 Å². The van der Waals surface area contributed by atoms with Gasteiger partial charge in [0, 0.05) is 28.5 Å². The number of ketones is 1. The molecule has 2 rings (SSSR count). The first-order chi connectivity index (χ1) is 8.10. The fourth-order valence-corrected chi connectivity index (χ4v) is 2.07. The van der Waals surface area contributed by atoms with Gasteiger partial charge in [-0.25, -0.2) is 0 Å². The normalized spacial score (nSPS) is 10.5. The Labute approximate surface area is 108 Å². The Morgan fingerprint density at radius 2 is 2.18 bits per heavy atom. The summed E-state index contributed by atoms with van der Waals surface area (Å²) < 4.78 is 2.51. The number of anilines is 1.